The van der Waals surface area contributed by atoms with Crippen molar-refractivity contribution in [1.29, 1.82) is 0 Å². The summed E-state index contributed by atoms with van der Waals surface area (Å²) < 4.78 is 23.2. The van der Waals surface area contributed by atoms with Crippen molar-refractivity contribution >= 4 is 31.7 Å². The molecule has 0 unspecified atom stereocenters. The first kappa shape index (κ1) is 16.1. The quantitative estimate of drug-likeness (QED) is 0.829. The van der Waals surface area contributed by atoms with Gasteiger partial charge in [-0.15, -0.1) is 0 Å². The molecule has 0 aliphatic rings. The molecule has 0 aliphatic heterocycles. The van der Waals surface area contributed by atoms with Crippen molar-refractivity contribution in [2.24, 2.45) is 5.73 Å². The number of hydrogen-bond donors (Lipinski definition) is 1. The SMILES string of the molecule is CN(CCS(C)(=O)=O)[C@H](C(N)=O)c1cccc(Br)c1. The molecule has 0 spiro atoms. The zero-order chi connectivity index (χ0) is 14.6. The number of halogens is 1. The molecule has 0 saturated heterocycles. The number of likely N-dealkylation sites (N-methyl/N-ethyl adjacent to an activating group) is 1. The Morgan fingerprint density at radius 1 is 1.47 bits per heavy atom. The highest BCUT2D eigenvalue weighted by molar-refractivity contribution is 9.10. The van der Waals surface area contributed by atoms with Gasteiger partial charge in [0.25, 0.3) is 0 Å². The molecule has 0 bridgehead atoms. The molecular formula is C12H17BrN2O3S. The Hall–Kier alpha value is -0.920. The van der Waals surface area contributed by atoms with Crippen LogP contribution in [0.3, 0.4) is 0 Å². The van der Waals surface area contributed by atoms with Gasteiger partial charge in [0, 0.05) is 17.3 Å². The molecule has 1 amide bonds. The lowest BCUT2D eigenvalue weighted by Crippen LogP contribution is -2.37. The second kappa shape index (κ2) is 6.49. The van der Waals surface area contributed by atoms with Crippen molar-refractivity contribution in [3.05, 3.63) is 34.3 Å². The van der Waals surface area contributed by atoms with Gasteiger partial charge in [0.1, 0.15) is 15.9 Å². The summed E-state index contributed by atoms with van der Waals surface area (Å²) in [6.45, 7) is 0.249. The molecule has 5 nitrogen and oxygen atoms in total. The van der Waals surface area contributed by atoms with E-state index >= 15 is 0 Å². The normalized spacial score (nSPS) is 13.5. The van der Waals surface area contributed by atoms with E-state index in [0.29, 0.717) is 0 Å². The average Bonchev–Trinajstić information content (AvgIpc) is 2.25. The van der Waals surface area contributed by atoms with Crippen LogP contribution < -0.4 is 5.73 Å². The van der Waals surface area contributed by atoms with Crippen LogP contribution in [0.15, 0.2) is 28.7 Å². The number of carbonyl (C=O) groups is 1. The summed E-state index contributed by atoms with van der Waals surface area (Å²) in [6.07, 6.45) is 1.17. The Balaban J connectivity index is 2.92. The minimum absolute atomic E-state index is 0.0126. The standard InChI is InChI=1S/C12H17BrN2O3S/c1-15(6-7-19(2,17)18)11(12(14)16)9-4-3-5-10(13)8-9/h3-5,8,11H,6-7H2,1-2H3,(H2,14,16)/t11-/m0/s1. The number of nitrogens with two attached hydrogens (primary N) is 1. The van der Waals surface area contributed by atoms with Crippen molar-refractivity contribution in [2.45, 2.75) is 6.04 Å². The van der Waals surface area contributed by atoms with E-state index in [2.05, 4.69) is 15.9 Å². The van der Waals surface area contributed by atoms with Gasteiger partial charge in [-0.1, -0.05) is 28.1 Å². The highest BCUT2D eigenvalue weighted by atomic mass is 79.9. The van der Waals surface area contributed by atoms with Gasteiger partial charge in [0.2, 0.25) is 5.91 Å². The number of rotatable bonds is 6. The average molecular weight is 349 g/mol. The number of carbonyl (C=O) groups excluding carboxylic acids is 1. The van der Waals surface area contributed by atoms with Crippen LogP contribution in [0.5, 0.6) is 0 Å². The maximum atomic E-state index is 11.6. The van der Waals surface area contributed by atoms with Crippen molar-refractivity contribution < 1.29 is 13.2 Å². The van der Waals surface area contributed by atoms with E-state index in [1.54, 1.807) is 30.1 Å². The van der Waals surface area contributed by atoms with Crippen LogP contribution in [0.25, 0.3) is 0 Å². The lowest BCUT2D eigenvalue weighted by molar-refractivity contribution is -0.122. The summed E-state index contributed by atoms with van der Waals surface area (Å²) in [5.41, 5.74) is 6.15. The fourth-order valence-electron chi connectivity index (χ4n) is 1.75. The van der Waals surface area contributed by atoms with Gasteiger partial charge in [-0.25, -0.2) is 8.42 Å². The van der Waals surface area contributed by atoms with E-state index < -0.39 is 21.8 Å². The topological polar surface area (TPSA) is 80.5 Å². The van der Waals surface area contributed by atoms with Crippen molar-refractivity contribution in [1.82, 2.24) is 4.90 Å². The van der Waals surface area contributed by atoms with E-state index in [1.807, 2.05) is 6.07 Å². The van der Waals surface area contributed by atoms with Gasteiger partial charge in [-0.2, -0.15) is 0 Å². The Labute approximate surface area is 121 Å². The highest BCUT2D eigenvalue weighted by Crippen LogP contribution is 2.22. The summed E-state index contributed by atoms with van der Waals surface area (Å²) >= 11 is 3.33. The number of nitrogens with zero attached hydrogens (tertiary/aromatic N) is 1. The third kappa shape index (κ3) is 5.30. The molecule has 0 aliphatic carbocycles. The molecule has 2 N–H and O–H groups in total. The molecule has 1 aromatic carbocycles. The molecule has 19 heavy (non-hydrogen) atoms. The van der Waals surface area contributed by atoms with E-state index in [1.165, 1.54) is 6.26 Å². The Kier molecular flexibility index (Phi) is 5.51. The number of primary amides is 1. The predicted molar refractivity (Wildman–Crippen MR) is 78.4 cm³/mol. The van der Waals surface area contributed by atoms with Crippen molar-refractivity contribution in [2.75, 3.05) is 25.6 Å². The van der Waals surface area contributed by atoms with Crippen LogP contribution in [0.1, 0.15) is 11.6 Å². The van der Waals surface area contributed by atoms with Gasteiger partial charge in [0.05, 0.1) is 5.75 Å². The number of hydrogen-bond acceptors (Lipinski definition) is 4. The molecule has 0 fully saturated rings. The number of sulfone groups is 1. The molecule has 0 radical (unpaired) electrons. The fraction of sp³-hybridized carbons (Fsp3) is 0.417. The molecule has 1 rings (SSSR count). The summed E-state index contributed by atoms with van der Waals surface area (Å²) in [5.74, 6) is -0.518. The van der Waals surface area contributed by atoms with Crippen LogP contribution in [0.4, 0.5) is 0 Å². The van der Waals surface area contributed by atoms with Crippen LogP contribution in [0.2, 0.25) is 0 Å². The summed E-state index contributed by atoms with van der Waals surface area (Å²) in [5, 5.41) is 0. The number of benzene rings is 1. The van der Waals surface area contributed by atoms with E-state index in [9.17, 15) is 13.2 Å². The highest BCUT2D eigenvalue weighted by Gasteiger charge is 2.23. The first-order chi connectivity index (χ1) is 8.70. The summed E-state index contributed by atoms with van der Waals surface area (Å²) in [6, 6.07) is 6.60. The molecule has 0 saturated carbocycles. The Bertz CT molecular complexity index is 560. The largest absolute Gasteiger partial charge is 0.368 e. The van der Waals surface area contributed by atoms with Gasteiger partial charge in [0.15, 0.2) is 0 Å². The fourth-order valence-corrected chi connectivity index (χ4v) is 2.79. The third-order valence-corrected chi connectivity index (χ3v) is 4.11. The molecule has 1 aromatic rings. The van der Waals surface area contributed by atoms with Crippen molar-refractivity contribution in [3.63, 3.8) is 0 Å². The second-order valence-electron chi connectivity index (χ2n) is 4.47. The second-order valence-corrected chi connectivity index (χ2v) is 7.65. The predicted octanol–water partition coefficient (Wildman–Crippen LogP) is 0.952. The van der Waals surface area contributed by atoms with E-state index in [0.717, 1.165) is 10.0 Å². The lowest BCUT2D eigenvalue weighted by atomic mass is 10.1. The monoisotopic (exact) mass is 348 g/mol. The maximum Gasteiger partial charge on any atom is 0.239 e. The first-order valence-electron chi connectivity index (χ1n) is 5.63. The van der Waals surface area contributed by atoms with Crippen LogP contribution in [0, 0.1) is 0 Å². The smallest absolute Gasteiger partial charge is 0.239 e. The van der Waals surface area contributed by atoms with Gasteiger partial charge in [-0.05, 0) is 24.7 Å². The molecule has 7 heteroatoms. The molecular weight excluding hydrogens is 332 g/mol. The first-order valence-corrected chi connectivity index (χ1v) is 8.49. The minimum atomic E-state index is -3.07. The van der Waals surface area contributed by atoms with E-state index in [-0.39, 0.29) is 12.3 Å². The zero-order valence-corrected chi connectivity index (χ0v) is 13.2. The molecule has 106 valence electrons. The van der Waals surface area contributed by atoms with Crippen LogP contribution >= 0.6 is 15.9 Å². The summed E-state index contributed by atoms with van der Waals surface area (Å²) in [7, 11) is -1.39. The van der Waals surface area contributed by atoms with Crippen LogP contribution in [-0.4, -0.2) is 44.8 Å². The van der Waals surface area contributed by atoms with E-state index in [4.69, 9.17) is 5.73 Å². The van der Waals surface area contributed by atoms with Gasteiger partial charge >= 0.3 is 0 Å². The number of amides is 1. The van der Waals surface area contributed by atoms with Crippen molar-refractivity contribution in [3.8, 4) is 0 Å². The minimum Gasteiger partial charge on any atom is -0.368 e. The van der Waals surface area contributed by atoms with Gasteiger partial charge in [-0.3, -0.25) is 9.69 Å². The molecule has 0 heterocycles. The Morgan fingerprint density at radius 2 is 2.11 bits per heavy atom. The lowest BCUT2D eigenvalue weighted by Gasteiger charge is -2.25. The molecule has 0 aromatic heterocycles. The van der Waals surface area contributed by atoms with Crippen LogP contribution in [-0.2, 0) is 14.6 Å². The summed E-state index contributed by atoms with van der Waals surface area (Å²) in [4.78, 5) is 13.2. The third-order valence-electron chi connectivity index (χ3n) is 2.69. The Morgan fingerprint density at radius 3 is 2.58 bits per heavy atom. The zero-order valence-electron chi connectivity index (χ0n) is 10.8. The molecule has 1 atom stereocenters. The van der Waals surface area contributed by atoms with Gasteiger partial charge < -0.3 is 5.73 Å². The maximum absolute atomic E-state index is 11.6.